The van der Waals surface area contributed by atoms with Crippen LogP contribution in [0.4, 0.5) is 0 Å². The SMILES string of the molecule is COc1cc(CN(C)C(=O)C=Cc2cn(Cc3ccccc3)nn2)ccc1OCc1ccccc1. The highest BCUT2D eigenvalue weighted by Gasteiger charge is 2.11. The molecule has 35 heavy (non-hydrogen) atoms. The molecule has 0 unspecified atom stereocenters. The summed E-state index contributed by atoms with van der Waals surface area (Å²) >= 11 is 0. The lowest BCUT2D eigenvalue weighted by molar-refractivity contribution is -0.125. The molecule has 4 aromatic rings. The number of methoxy groups -OCH3 is 1. The minimum absolute atomic E-state index is 0.133. The molecule has 0 aliphatic carbocycles. The normalized spacial score (nSPS) is 10.9. The first-order valence-corrected chi connectivity index (χ1v) is 11.3. The molecule has 7 nitrogen and oxygen atoms in total. The highest BCUT2D eigenvalue weighted by atomic mass is 16.5. The average Bonchev–Trinajstić information content (AvgIpc) is 3.34. The number of nitrogens with zero attached hydrogens (tertiary/aromatic N) is 4. The van der Waals surface area contributed by atoms with Gasteiger partial charge >= 0.3 is 0 Å². The van der Waals surface area contributed by atoms with Crippen molar-refractivity contribution in [1.29, 1.82) is 0 Å². The van der Waals surface area contributed by atoms with Gasteiger partial charge in [-0.25, -0.2) is 4.68 Å². The Morgan fingerprint density at radius 2 is 1.66 bits per heavy atom. The van der Waals surface area contributed by atoms with Crippen LogP contribution in [0.3, 0.4) is 0 Å². The van der Waals surface area contributed by atoms with Gasteiger partial charge in [0.1, 0.15) is 12.3 Å². The summed E-state index contributed by atoms with van der Waals surface area (Å²) in [7, 11) is 3.36. The predicted octanol–water partition coefficient (Wildman–Crippen LogP) is 4.59. The lowest BCUT2D eigenvalue weighted by Gasteiger charge is -2.17. The van der Waals surface area contributed by atoms with Crippen molar-refractivity contribution in [3.63, 3.8) is 0 Å². The molecular weight excluding hydrogens is 440 g/mol. The predicted molar refractivity (Wildman–Crippen MR) is 135 cm³/mol. The Morgan fingerprint density at radius 1 is 0.943 bits per heavy atom. The van der Waals surface area contributed by atoms with E-state index in [1.54, 1.807) is 29.8 Å². The molecule has 0 bridgehead atoms. The van der Waals surface area contributed by atoms with Crippen molar-refractivity contribution in [3.8, 4) is 11.5 Å². The molecule has 0 aliphatic heterocycles. The maximum absolute atomic E-state index is 12.6. The van der Waals surface area contributed by atoms with Gasteiger partial charge in [0.05, 0.1) is 19.9 Å². The minimum atomic E-state index is -0.133. The Labute approximate surface area is 205 Å². The van der Waals surface area contributed by atoms with Crippen LogP contribution in [0.5, 0.6) is 11.5 Å². The van der Waals surface area contributed by atoms with Crippen molar-refractivity contribution < 1.29 is 14.3 Å². The van der Waals surface area contributed by atoms with E-state index in [0.29, 0.717) is 36.9 Å². The van der Waals surface area contributed by atoms with Crippen molar-refractivity contribution in [2.75, 3.05) is 14.2 Å². The summed E-state index contributed by atoms with van der Waals surface area (Å²) in [4.78, 5) is 14.3. The molecule has 178 valence electrons. The molecule has 0 aliphatic rings. The first-order valence-electron chi connectivity index (χ1n) is 11.3. The number of rotatable bonds is 10. The van der Waals surface area contributed by atoms with E-state index in [9.17, 15) is 4.79 Å². The molecule has 0 saturated heterocycles. The number of benzene rings is 3. The van der Waals surface area contributed by atoms with Crippen LogP contribution in [0.25, 0.3) is 6.08 Å². The highest BCUT2D eigenvalue weighted by Crippen LogP contribution is 2.29. The fraction of sp³-hybridized carbons (Fsp3) is 0.179. The number of carbonyl (C=O) groups excluding carboxylic acids is 1. The van der Waals surface area contributed by atoms with Crippen molar-refractivity contribution in [2.45, 2.75) is 19.7 Å². The van der Waals surface area contributed by atoms with Crippen molar-refractivity contribution >= 4 is 12.0 Å². The zero-order valence-corrected chi connectivity index (χ0v) is 19.9. The Bertz CT molecular complexity index is 1270. The van der Waals surface area contributed by atoms with Gasteiger partial charge in [0, 0.05) is 19.7 Å². The van der Waals surface area contributed by atoms with Crippen LogP contribution in [0.15, 0.2) is 91.1 Å². The third-order valence-corrected chi connectivity index (χ3v) is 5.40. The summed E-state index contributed by atoms with van der Waals surface area (Å²) in [6.45, 7) is 1.51. The second-order valence-corrected chi connectivity index (χ2v) is 8.11. The number of amides is 1. The van der Waals surface area contributed by atoms with Gasteiger partial charge in [-0.1, -0.05) is 71.9 Å². The number of hydrogen-bond donors (Lipinski definition) is 0. The van der Waals surface area contributed by atoms with Crippen LogP contribution in [-0.2, 0) is 24.5 Å². The summed E-state index contributed by atoms with van der Waals surface area (Å²) in [5.74, 6) is 1.16. The van der Waals surface area contributed by atoms with Crippen LogP contribution >= 0.6 is 0 Å². The summed E-state index contributed by atoms with van der Waals surface area (Å²) < 4.78 is 13.2. The number of ether oxygens (including phenoxy) is 2. The number of aromatic nitrogens is 3. The van der Waals surface area contributed by atoms with Gasteiger partial charge in [0.15, 0.2) is 11.5 Å². The van der Waals surface area contributed by atoms with Crippen LogP contribution < -0.4 is 9.47 Å². The topological polar surface area (TPSA) is 69.5 Å². The van der Waals surface area contributed by atoms with Gasteiger partial charge in [0.2, 0.25) is 5.91 Å². The maximum atomic E-state index is 12.6. The summed E-state index contributed by atoms with van der Waals surface area (Å²) in [6.07, 6.45) is 5.00. The Kier molecular flexibility index (Phi) is 7.91. The molecule has 1 amide bonds. The average molecular weight is 469 g/mol. The molecule has 3 aromatic carbocycles. The third kappa shape index (κ3) is 6.80. The molecule has 0 spiro atoms. The van der Waals surface area contributed by atoms with E-state index in [1.165, 1.54) is 6.08 Å². The molecule has 0 N–H and O–H groups in total. The fourth-order valence-corrected chi connectivity index (χ4v) is 3.54. The summed E-state index contributed by atoms with van der Waals surface area (Å²) in [5, 5.41) is 8.25. The molecule has 4 rings (SSSR count). The highest BCUT2D eigenvalue weighted by molar-refractivity contribution is 5.91. The Morgan fingerprint density at radius 3 is 2.37 bits per heavy atom. The van der Waals surface area contributed by atoms with Gasteiger partial charge < -0.3 is 14.4 Å². The molecule has 0 fully saturated rings. The van der Waals surface area contributed by atoms with Crippen LogP contribution in [0.2, 0.25) is 0 Å². The maximum Gasteiger partial charge on any atom is 0.246 e. The number of hydrogen-bond acceptors (Lipinski definition) is 5. The number of carbonyl (C=O) groups is 1. The van der Waals surface area contributed by atoms with Gasteiger partial charge in [-0.2, -0.15) is 0 Å². The monoisotopic (exact) mass is 468 g/mol. The van der Waals surface area contributed by atoms with E-state index >= 15 is 0 Å². The minimum Gasteiger partial charge on any atom is -0.493 e. The van der Waals surface area contributed by atoms with Crippen LogP contribution in [0.1, 0.15) is 22.4 Å². The Hall–Kier alpha value is -4.39. The molecule has 1 aromatic heterocycles. The first kappa shape index (κ1) is 23.8. The van der Waals surface area contributed by atoms with Crippen molar-refractivity contribution in [1.82, 2.24) is 19.9 Å². The molecule has 0 radical (unpaired) electrons. The van der Waals surface area contributed by atoms with E-state index in [-0.39, 0.29) is 5.91 Å². The third-order valence-electron chi connectivity index (χ3n) is 5.40. The first-order chi connectivity index (χ1) is 17.1. The van der Waals surface area contributed by atoms with Crippen LogP contribution in [-0.4, -0.2) is 40.0 Å². The quantitative estimate of drug-likeness (QED) is 0.319. The van der Waals surface area contributed by atoms with E-state index in [2.05, 4.69) is 10.3 Å². The molecule has 7 heteroatoms. The van der Waals surface area contributed by atoms with Gasteiger partial charge in [0.25, 0.3) is 0 Å². The van der Waals surface area contributed by atoms with E-state index < -0.39 is 0 Å². The zero-order chi connectivity index (χ0) is 24.5. The second-order valence-electron chi connectivity index (χ2n) is 8.11. The van der Waals surface area contributed by atoms with Gasteiger partial charge in [-0.3, -0.25) is 4.79 Å². The lowest BCUT2D eigenvalue weighted by atomic mass is 10.2. The summed E-state index contributed by atoms with van der Waals surface area (Å²) in [5.41, 5.74) is 3.78. The fourth-order valence-electron chi connectivity index (χ4n) is 3.54. The largest absolute Gasteiger partial charge is 0.493 e. The standard InChI is InChI=1S/C28H28N4O3/c1-31(28(33)16-14-25-20-32(30-29-25)19-22-9-5-3-6-10-22)18-24-13-15-26(27(17-24)34-2)35-21-23-11-7-4-8-12-23/h3-17,20H,18-19,21H2,1-2H3. The number of likely N-dealkylation sites (N-methyl/N-ethyl adjacent to an activating group) is 1. The smallest absolute Gasteiger partial charge is 0.246 e. The molecule has 0 saturated carbocycles. The molecular formula is C28H28N4O3. The van der Waals surface area contributed by atoms with Gasteiger partial charge in [-0.15, -0.1) is 5.10 Å². The summed E-state index contributed by atoms with van der Waals surface area (Å²) in [6, 6.07) is 25.7. The van der Waals surface area contributed by atoms with Crippen LogP contribution in [0, 0.1) is 0 Å². The lowest BCUT2D eigenvalue weighted by Crippen LogP contribution is -2.24. The van der Waals surface area contributed by atoms with E-state index in [0.717, 1.165) is 16.7 Å². The molecule has 0 atom stereocenters. The van der Waals surface area contributed by atoms with Crippen molar-refractivity contribution in [2.24, 2.45) is 0 Å². The van der Waals surface area contributed by atoms with E-state index in [1.807, 2.05) is 85.1 Å². The van der Waals surface area contributed by atoms with E-state index in [4.69, 9.17) is 9.47 Å². The zero-order valence-electron chi connectivity index (χ0n) is 19.9. The second kappa shape index (κ2) is 11.7. The van der Waals surface area contributed by atoms with Crippen molar-refractivity contribution in [3.05, 3.63) is 114 Å². The Balaban J connectivity index is 1.32. The molecule has 1 heterocycles. The van der Waals surface area contributed by atoms with Gasteiger partial charge in [-0.05, 0) is 34.9 Å².